The number of benzene rings is 1. The highest BCUT2D eigenvalue weighted by Crippen LogP contribution is 2.15. The lowest BCUT2D eigenvalue weighted by atomic mass is 9.93. The van der Waals surface area contributed by atoms with E-state index in [1.807, 2.05) is 13.8 Å². The molecule has 0 aromatic heterocycles. The minimum atomic E-state index is -0.439. The Morgan fingerprint density at radius 3 is 2.64 bits per heavy atom. The number of carbonyl (C=O) groups is 1. The standard InChI is InChI=1S/C11H14FNO/c1-11(2,13)6-9-5-10(12)4-3-8(9)7-14/h3-5,7H,6,13H2,1-2H3. The van der Waals surface area contributed by atoms with Crippen molar-refractivity contribution in [2.24, 2.45) is 5.73 Å². The van der Waals surface area contributed by atoms with Crippen LogP contribution in [0, 0.1) is 5.82 Å². The first-order valence-electron chi connectivity index (χ1n) is 4.45. The molecule has 0 aliphatic heterocycles. The number of nitrogens with two attached hydrogens (primary N) is 1. The Bertz CT molecular complexity index is 342. The highest BCUT2D eigenvalue weighted by Gasteiger charge is 2.14. The Hall–Kier alpha value is -1.22. The maximum absolute atomic E-state index is 12.9. The molecular weight excluding hydrogens is 181 g/mol. The third-order valence-corrected chi connectivity index (χ3v) is 1.88. The molecule has 0 radical (unpaired) electrons. The molecule has 3 heteroatoms. The van der Waals surface area contributed by atoms with Crippen LogP contribution in [0.1, 0.15) is 29.8 Å². The van der Waals surface area contributed by atoms with Gasteiger partial charge < -0.3 is 5.73 Å². The molecule has 0 saturated carbocycles. The fourth-order valence-electron chi connectivity index (χ4n) is 1.33. The van der Waals surface area contributed by atoms with E-state index in [1.165, 1.54) is 18.2 Å². The van der Waals surface area contributed by atoms with Crippen LogP contribution in [0.3, 0.4) is 0 Å². The van der Waals surface area contributed by atoms with E-state index in [2.05, 4.69) is 0 Å². The van der Waals surface area contributed by atoms with Gasteiger partial charge >= 0.3 is 0 Å². The van der Waals surface area contributed by atoms with Gasteiger partial charge in [-0.05, 0) is 44.0 Å². The summed E-state index contributed by atoms with van der Waals surface area (Å²) in [6.07, 6.45) is 1.21. The quantitative estimate of drug-likeness (QED) is 0.749. The normalized spacial score (nSPS) is 11.4. The van der Waals surface area contributed by atoms with Crippen LogP contribution in [0.4, 0.5) is 4.39 Å². The summed E-state index contributed by atoms with van der Waals surface area (Å²) in [7, 11) is 0. The Morgan fingerprint density at radius 1 is 1.50 bits per heavy atom. The van der Waals surface area contributed by atoms with Gasteiger partial charge in [-0.25, -0.2) is 4.39 Å². The summed E-state index contributed by atoms with van der Waals surface area (Å²) in [5, 5.41) is 0. The van der Waals surface area contributed by atoms with Gasteiger partial charge in [-0.2, -0.15) is 0 Å². The Kier molecular flexibility index (Phi) is 3.01. The summed E-state index contributed by atoms with van der Waals surface area (Å²) >= 11 is 0. The lowest BCUT2D eigenvalue weighted by Crippen LogP contribution is -2.34. The van der Waals surface area contributed by atoms with Crippen molar-refractivity contribution in [2.75, 3.05) is 0 Å². The minimum Gasteiger partial charge on any atom is -0.325 e. The van der Waals surface area contributed by atoms with Crippen LogP contribution in [-0.4, -0.2) is 11.8 Å². The van der Waals surface area contributed by atoms with Crippen molar-refractivity contribution < 1.29 is 9.18 Å². The highest BCUT2D eigenvalue weighted by atomic mass is 19.1. The van der Waals surface area contributed by atoms with Gasteiger partial charge in [-0.1, -0.05) is 0 Å². The van der Waals surface area contributed by atoms with Gasteiger partial charge in [0.1, 0.15) is 12.1 Å². The van der Waals surface area contributed by atoms with Gasteiger partial charge in [0.25, 0.3) is 0 Å². The molecule has 1 aromatic rings. The number of halogens is 1. The van der Waals surface area contributed by atoms with Gasteiger partial charge in [0.2, 0.25) is 0 Å². The average molecular weight is 195 g/mol. The van der Waals surface area contributed by atoms with Crippen molar-refractivity contribution in [3.05, 3.63) is 35.1 Å². The topological polar surface area (TPSA) is 43.1 Å². The fraction of sp³-hybridized carbons (Fsp3) is 0.364. The van der Waals surface area contributed by atoms with E-state index in [0.717, 1.165) is 6.29 Å². The van der Waals surface area contributed by atoms with Gasteiger partial charge in [0.05, 0.1) is 0 Å². The molecule has 2 nitrogen and oxygen atoms in total. The van der Waals surface area contributed by atoms with Crippen LogP contribution in [-0.2, 0) is 6.42 Å². The summed E-state index contributed by atoms with van der Waals surface area (Å²) in [6, 6.07) is 4.11. The zero-order chi connectivity index (χ0) is 10.8. The Morgan fingerprint density at radius 2 is 2.14 bits per heavy atom. The van der Waals surface area contributed by atoms with E-state index < -0.39 is 5.54 Å². The van der Waals surface area contributed by atoms with Crippen molar-refractivity contribution >= 4 is 6.29 Å². The number of hydrogen-bond donors (Lipinski definition) is 1. The Balaban J connectivity index is 3.05. The molecule has 0 aliphatic carbocycles. The molecule has 0 heterocycles. The zero-order valence-corrected chi connectivity index (χ0v) is 8.38. The SMILES string of the molecule is CC(C)(N)Cc1cc(F)ccc1C=O. The molecule has 0 saturated heterocycles. The van der Waals surface area contributed by atoms with Crippen LogP contribution >= 0.6 is 0 Å². The maximum atomic E-state index is 12.9. The van der Waals surface area contributed by atoms with Gasteiger partial charge in [-0.3, -0.25) is 4.79 Å². The molecule has 0 fully saturated rings. The number of hydrogen-bond acceptors (Lipinski definition) is 2. The van der Waals surface area contributed by atoms with Crippen molar-refractivity contribution in [1.29, 1.82) is 0 Å². The zero-order valence-electron chi connectivity index (χ0n) is 8.38. The van der Waals surface area contributed by atoms with Crippen molar-refractivity contribution in [3.8, 4) is 0 Å². The van der Waals surface area contributed by atoms with Crippen LogP contribution in [0.5, 0.6) is 0 Å². The van der Waals surface area contributed by atoms with Crippen LogP contribution in [0.2, 0.25) is 0 Å². The molecule has 1 aromatic carbocycles. The van der Waals surface area contributed by atoms with Crippen molar-refractivity contribution in [2.45, 2.75) is 25.8 Å². The summed E-state index contributed by atoms with van der Waals surface area (Å²) in [5.41, 5.74) is 6.53. The van der Waals surface area contributed by atoms with Crippen LogP contribution < -0.4 is 5.73 Å². The van der Waals surface area contributed by atoms with E-state index in [9.17, 15) is 9.18 Å². The van der Waals surface area contributed by atoms with Gasteiger partial charge in [0, 0.05) is 11.1 Å². The third-order valence-electron chi connectivity index (χ3n) is 1.88. The van der Waals surface area contributed by atoms with Crippen molar-refractivity contribution in [3.63, 3.8) is 0 Å². The second-order valence-corrected chi connectivity index (χ2v) is 4.13. The van der Waals surface area contributed by atoms with Crippen LogP contribution in [0.15, 0.2) is 18.2 Å². The first-order chi connectivity index (χ1) is 6.42. The Labute approximate surface area is 82.9 Å². The first kappa shape index (κ1) is 10.9. The molecule has 2 N–H and O–H groups in total. The van der Waals surface area contributed by atoms with Gasteiger partial charge in [0.15, 0.2) is 0 Å². The summed E-state index contributed by atoms with van der Waals surface area (Å²) in [5.74, 6) is -0.338. The van der Waals surface area contributed by atoms with Crippen molar-refractivity contribution in [1.82, 2.24) is 0 Å². The lowest BCUT2D eigenvalue weighted by molar-refractivity contribution is 0.112. The monoisotopic (exact) mass is 195 g/mol. The molecule has 14 heavy (non-hydrogen) atoms. The molecular formula is C11H14FNO. The number of carbonyl (C=O) groups excluding carboxylic acids is 1. The van der Waals surface area contributed by atoms with E-state index in [4.69, 9.17) is 5.73 Å². The maximum Gasteiger partial charge on any atom is 0.150 e. The highest BCUT2D eigenvalue weighted by molar-refractivity contribution is 5.77. The predicted octanol–water partition coefficient (Wildman–Crippen LogP) is 1.92. The number of aldehydes is 1. The summed E-state index contributed by atoms with van der Waals surface area (Å²) < 4.78 is 12.9. The van der Waals surface area contributed by atoms with Gasteiger partial charge in [-0.15, -0.1) is 0 Å². The average Bonchev–Trinajstić information content (AvgIpc) is 2.01. The molecule has 1 rings (SSSR count). The van der Waals surface area contributed by atoms with Crippen LogP contribution in [0.25, 0.3) is 0 Å². The van der Waals surface area contributed by atoms with E-state index in [-0.39, 0.29) is 5.82 Å². The molecule has 0 aliphatic rings. The smallest absolute Gasteiger partial charge is 0.150 e. The third kappa shape index (κ3) is 2.92. The van der Waals surface area contributed by atoms with E-state index in [0.29, 0.717) is 17.5 Å². The second kappa shape index (κ2) is 3.88. The minimum absolute atomic E-state index is 0.338. The number of rotatable bonds is 3. The largest absolute Gasteiger partial charge is 0.325 e. The predicted molar refractivity (Wildman–Crippen MR) is 53.8 cm³/mol. The molecule has 0 amide bonds. The molecule has 76 valence electrons. The molecule has 0 unspecified atom stereocenters. The van der Waals surface area contributed by atoms with E-state index in [1.54, 1.807) is 0 Å². The van der Waals surface area contributed by atoms with E-state index >= 15 is 0 Å². The first-order valence-corrected chi connectivity index (χ1v) is 4.45. The summed E-state index contributed by atoms with van der Waals surface area (Å²) in [6.45, 7) is 3.68. The molecule has 0 atom stereocenters. The molecule has 0 bridgehead atoms. The molecule has 0 spiro atoms. The second-order valence-electron chi connectivity index (χ2n) is 4.13. The summed E-state index contributed by atoms with van der Waals surface area (Å²) in [4.78, 5) is 10.7. The lowest BCUT2D eigenvalue weighted by Gasteiger charge is -2.19. The fourth-order valence-corrected chi connectivity index (χ4v) is 1.33.